The first kappa shape index (κ1) is 24.1. The highest BCUT2D eigenvalue weighted by Gasteiger charge is 2.36. The zero-order valence-electron chi connectivity index (χ0n) is 17.9. The Labute approximate surface area is 192 Å². The third-order valence-corrected chi connectivity index (χ3v) is 5.94. The van der Waals surface area contributed by atoms with Crippen LogP contribution in [0.2, 0.25) is 0 Å². The van der Waals surface area contributed by atoms with Crippen LogP contribution in [0, 0.1) is 5.41 Å². The van der Waals surface area contributed by atoms with Gasteiger partial charge in [-0.1, -0.05) is 12.5 Å². The van der Waals surface area contributed by atoms with Gasteiger partial charge in [-0.15, -0.1) is 24.0 Å². The molecule has 2 aliphatic rings. The molecule has 1 unspecified atom stereocenters. The second-order valence-corrected chi connectivity index (χ2v) is 8.03. The average Bonchev–Trinajstić information content (AvgIpc) is 2.69. The van der Waals surface area contributed by atoms with Gasteiger partial charge in [0.1, 0.15) is 5.82 Å². The topological polar surface area (TPSA) is 71.0 Å². The van der Waals surface area contributed by atoms with Gasteiger partial charge in [-0.25, -0.2) is 4.98 Å². The number of hydrogen-bond acceptors (Lipinski definition) is 5. The number of ether oxygens (including phenoxy) is 2. The molecule has 0 bridgehead atoms. The molecule has 3 rings (SSSR count). The Morgan fingerprint density at radius 1 is 1.38 bits per heavy atom. The van der Waals surface area contributed by atoms with Crippen molar-refractivity contribution in [1.29, 1.82) is 0 Å². The van der Waals surface area contributed by atoms with Crippen molar-refractivity contribution >= 4 is 35.8 Å². The molecule has 1 aromatic heterocycles. The number of rotatable bonds is 8. The van der Waals surface area contributed by atoms with Crippen molar-refractivity contribution in [3.63, 3.8) is 0 Å². The minimum Gasteiger partial charge on any atom is -0.385 e. The molecule has 29 heavy (non-hydrogen) atoms. The molecule has 1 aliphatic heterocycles. The lowest BCUT2D eigenvalue weighted by Crippen LogP contribution is -2.46. The summed E-state index contributed by atoms with van der Waals surface area (Å²) in [6, 6.07) is 4.23. The minimum absolute atomic E-state index is 0. The van der Waals surface area contributed by atoms with Gasteiger partial charge in [0.05, 0.1) is 12.7 Å². The number of anilines is 1. The number of aliphatic imine (C=N–C) groups is 1. The van der Waals surface area contributed by atoms with Crippen LogP contribution < -0.4 is 15.5 Å². The monoisotopic (exact) mass is 517 g/mol. The fraction of sp³-hybridized carbons (Fsp3) is 0.714. The van der Waals surface area contributed by atoms with E-state index in [1.807, 2.05) is 13.2 Å². The van der Waals surface area contributed by atoms with Gasteiger partial charge in [-0.05, 0) is 43.2 Å². The van der Waals surface area contributed by atoms with Crippen LogP contribution in [0.4, 0.5) is 5.82 Å². The Bertz CT molecular complexity index is 636. The van der Waals surface area contributed by atoms with Crippen molar-refractivity contribution in [2.24, 2.45) is 10.4 Å². The maximum absolute atomic E-state index is 5.60. The van der Waals surface area contributed by atoms with E-state index in [2.05, 4.69) is 44.6 Å². The predicted octanol–water partition coefficient (Wildman–Crippen LogP) is 2.80. The highest BCUT2D eigenvalue weighted by molar-refractivity contribution is 14.0. The summed E-state index contributed by atoms with van der Waals surface area (Å²) in [7, 11) is 3.60. The van der Waals surface area contributed by atoms with Crippen LogP contribution in [0.3, 0.4) is 0 Å². The summed E-state index contributed by atoms with van der Waals surface area (Å²) in [5.41, 5.74) is 1.51. The molecule has 7 nitrogen and oxygen atoms in total. The summed E-state index contributed by atoms with van der Waals surface area (Å²) in [5.74, 6) is 1.86. The maximum atomic E-state index is 5.60. The third kappa shape index (κ3) is 6.96. The molecule has 1 atom stereocenters. The van der Waals surface area contributed by atoms with E-state index in [9.17, 15) is 0 Å². The van der Waals surface area contributed by atoms with Gasteiger partial charge in [-0.2, -0.15) is 0 Å². The Hall–Kier alpha value is -1.13. The van der Waals surface area contributed by atoms with Crippen LogP contribution in [0.5, 0.6) is 0 Å². The number of halogens is 1. The quantitative estimate of drug-likeness (QED) is 0.314. The molecule has 1 saturated carbocycles. The largest absolute Gasteiger partial charge is 0.385 e. The predicted molar refractivity (Wildman–Crippen MR) is 128 cm³/mol. The van der Waals surface area contributed by atoms with Crippen LogP contribution >= 0.6 is 24.0 Å². The van der Waals surface area contributed by atoms with Gasteiger partial charge in [0.2, 0.25) is 0 Å². The lowest BCUT2D eigenvalue weighted by Gasteiger charge is -2.42. The van der Waals surface area contributed by atoms with Crippen molar-refractivity contribution in [3.8, 4) is 0 Å². The van der Waals surface area contributed by atoms with Crippen molar-refractivity contribution in [2.75, 3.05) is 51.9 Å². The van der Waals surface area contributed by atoms with Crippen LogP contribution in [-0.2, 0) is 16.0 Å². The molecule has 0 aromatic carbocycles. The molecule has 8 heteroatoms. The lowest BCUT2D eigenvalue weighted by molar-refractivity contribution is 0.0529. The van der Waals surface area contributed by atoms with E-state index in [0.717, 1.165) is 56.6 Å². The third-order valence-electron chi connectivity index (χ3n) is 5.94. The molecule has 0 radical (unpaired) electrons. The zero-order valence-corrected chi connectivity index (χ0v) is 20.3. The molecule has 2 N–H and O–H groups in total. The number of nitrogens with zero attached hydrogens (tertiary/aromatic N) is 3. The molecule has 0 amide bonds. The molecule has 1 aliphatic carbocycles. The van der Waals surface area contributed by atoms with E-state index in [1.165, 1.54) is 19.3 Å². The van der Waals surface area contributed by atoms with Crippen molar-refractivity contribution in [3.05, 3.63) is 23.9 Å². The van der Waals surface area contributed by atoms with Gasteiger partial charge >= 0.3 is 0 Å². The first-order valence-corrected chi connectivity index (χ1v) is 10.4. The Morgan fingerprint density at radius 2 is 2.21 bits per heavy atom. The second kappa shape index (κ2) is 11.9. The molecule has 1 aromatic rings. The fourth-order valence-electron chi connectivity index (χ4n) is 3.92. The zero-order chi connectivity index (χ0) is 19.8. The number of morpholine rings is 1. The highest BCUT2D eigenvalue weighted by atomic mass is 127. The minimum atomic E-state index is 0. The average molecular weight is 517 g/mol. The Morgan fingerprint density at radius 3 is 2.79 bits per heavy atom. The first-order chi connectivity index (χ1) is 13.6. The van der Waals surface area contributed by atoms with E-state index in [-0.39, 0.29) is 30.1 Å². The second-order valence-electron chi connectivity index (χ2n) is 8.03. The Kier molecular flexibility index (Phi) is 9.91. The van der Waals surface area contributed by atoms with Crippen molar-refractivity contribution in [2.45, 2.75) is 45.3 Å². The lowest BCUT2D eigenvalue weighted by atomic mass is 9.67. The van der Waals surface area contributed by atoms with Gasteiger partial charge in [0.15, 0.2) is 5.96 Å². The smallest absolute Gasteiger partial charge is 0.191 e. The van der Waals surface area contributed by atoms with Crippen LogP contribution in [-0.4, -0.2) is 64.1 Å². The fourth-order valence-corrected chi connectivity index (χ4v) is 3.92. The number of nitrogens with one attached hydrogen (secondary N) is 2. The Balaban J connectivity index is 0.00000300. The van der Waals surface area contributed by atoms with Crippen LogP contribution in [0.1, 0.15) is 38.2 Å². The maximum Gasteiger partial charge on any atom is 0.191 e. The van der Waals surface area contributed by atoms with E-state index in [4.69, 9.17) is 9.47 Å². The van der Waals surface area contributed by atoms with Gasteiger partial charge < -0.3 is 25.0 Å². The van der Waals surface area contributed by atoms with E-state index in [1.54, 1.807) is 7.11 Å². The number of methoxy groups -OCH3 is 1. The molecule has 0 spiro atoms. The number of pyridine rings is 1. The van der Waals surface area contributed by atoms with Crippen molar-refractivity contribution in [1.82, 2.24) is 15.6 Å². The molecular weight excluding hydrogens is 481 g/mol. The van der Waals surface area contributed by atoms with Crippen molar-refractivity contribution < 1.29 is 9.47 Å². The molecular formula is C21H36IN5O2. The van der Waals surface area contributed by atoms with Crippen LogP contribution in [0.15, 0.2) is 23.3 Å². The highest BCUT2D eigenvalue weighted by Crippen LogP contribution is 2.43. The van der Waals surface area contributed by atoms with Crippen LogP contribution in [0.25, 0.3) is 0 Å². The SMILES string of the molecule is CN=C(NCc1ccc(N2CCOC(C)C2)nc1)NCC1(CCOC)CCC1.I. The van der Waals surface area contributed by atoms with Gasteiger partial charge in [0, 0.05) is 53.1 Å². The summed E-state index contributed by atoms with van der Waals surface area (Å²) in [5, 5.41) is 6.90. The van der Waals surface area contributed by atoms with E-state index >= 15 is 0 Å². The summed E-state index contributed by atoms with van der Waals surface area (Å²) in [4.78, 5) is 11.3. The van der Waals surface area contributed by atoms with E-state index in [0.29, 0.717) is 12.0 Å². The van der Waals surface area contributed by atoms with E-state index < -0.39 is 0 Å². The summed E-state index contributed by atoms with van der Waals surface area (Å²) in [6.45, 7) is 7.14. The normalized spacial score (nSPS) is 21.1. The summed E-state index contributed by atoms with van der Waals surface area (Å²) < 4.78 is 10.9. The number of guanidine groups is 1. The molecule has 2 heterocycles. The molecule has 1 saturated heterocycles. The molecule has 164 valence electrons. The van der Waals surface area contributed by atoms with Gasteiger partial charge in [-0.3, -0.25) is 4.99 Å². The summed E-state index contributed by atoms with van der Waals surface area (Å²) in [6.07, 6.45) is 7.17. The molecule has 2 fully saturated rings. The first-order valence-electron chi connectivity index (χ1n) is 10.4. The standard InChI is InChI=1S/C21H35N5O2.HI/c1-17-15-26(10-12-28-17)19-6-5-18(13-23-19)14-24-20(22-2)25-16-21(7-4-8-21)9-11-27-3;/h5-6,13,17H,4,7-12,14-16H2,1-3H3,(H2,22,24,25);1H. The number of aromatic nitrogens is 1. The number of hydrogen-bond donors (Lipinski definition) is 2. The van der Waals surface area contributed by atoms with Gasteiger partial charge in [0.25, 0.3) is 0 Å². The summed E-state index contributed by atoms with van der Waals surface area (Å²) >= 11 is 0.